The molecule has 2 fully saturated rings. The first-order valence-corrected chi connectivity index (χ1v) is 12.8. The number of piperazine rings is 1. The third-order valence-corrected chi connectivity index (χ3v) is 7.34. The summed E-state index contributed by atoms with van der Waals surface area (Å²) in [6, 6.07) is 11.6. The van der Waals surface area contributed by atoms with Crippen molar-refractivity contribution in [2.75, 3.05) is 31.5 Å². The Morgan fingerprint density at radius 1 is 1.17 bits per heavy atom. The van der Waals surface area contributed by atoms with Crippen molar-refractivity contribution >= 4 is 11.6 Å². The van der Waals surface area contributed by atoms with Gasteiger partial charge in [0.15, 0.2) is 0 Å². The topological polar surface area (TPSA) is 59.4 Å². The fraction of sp³-hybridized carbons (Fsp3) is 0.448. The molecule has 0 bridgehead atoms. The van der Waals surface area contributed by atoms with Gasteiger partial charge < -0.3 is 10.2 Å². The van der Waals surface area contributed by atoms with Crippen LogP contribution in [0.1, 0.15) is 66.1 Å². The van der Waals surface area contributed by atoms with E-state index >= 15 is 0 Å². The second-order valence-corrected chi connectivity index (χ2v) is 9.63. The van der Waals surface area contributed by atoms with E-state index in [1.165, 1.54) is 37.4 Å². The first-order valence-electron chi connectivity index (χ1n) is 12.8. The molecule has 0 unspecified atom stereocenters. The molecule has 35 heavy (non-hydrogen) atoms. The van der Waals surface area contributed by atoms with Gasteiger partial charge in [-0.25, -0.2) is 4.39 Å². The predicted octanol–water partition coefficient (Wildman–Crippen LogP) is 5.86. The van der Waals surface area contributed by atoms with Crippen molar-refractivity contribution < 1.29 is 9.18 Å². The van der Waals surface area contributed by atoms with Crippen LogP contribution in [0.15, 0.2) is 48.2 Å². The number of benzene rings is 2. The fourth-order valence-corrected chi connectivity index (χ4v) is 5.39. The minimum Gasteiger partial charge on any atom is -0.372 e. The van der Waals surface area contributed by atoms with Gasteiger partial charge in [-0.15, -0.1) is 0 Å². The lowest BCUT2D eigenvalue weighted by Crippen LogP contribution is -2.46. The van der Waals surface area contributed by atoms with Crippen LogP contribution in [0.4, 0.5) is 10.1 Å². The number of allylic oxidation sites excluding steroid dienone is 2. The van der Waals surface area contributed by atoms with Gasteiger partial charge in [-0.2, -0.15) is 5.26 Å². The molecular formula is C29H35FN4O. The molecule has 0 aromatic heterocycles. The molecule has 4 rings (SSSR count). The van der Waals surface area contributed by atoms with Crippen LogP contribution in [0.3, 0.4) is 0 Å². The van der Waals surface area contributed by atoms with Gasteiger partial charge in [0.25, 0.3) is 5.91 Å². The van der Waals surface area contributed by atoms with E-state index in [-0.39, 0.29) is 11.4 Å². The van der Waals surface area contributed by atoms with E-state index in [1.54, 1.807) is 30.3 Å². The molecule has 1 saturated heterocycles. The van der Waals surface area contributed by atoms with Crippen LogP contribution in [0, 0.1) is 30.0 Å². The number of hydrogen-bond donors (Lipinski definition) is 1. The van der Waals surface area contributed by atoms with Crippen molar-refractivity contribution in [2.45, 2.75) is 52.5 Å². The third-order valence-electron chi connectivity index (χ3n) is 7.34. The predicted molar refractivity (Wildman–Crippen MR) is 137 cm³/mol. The molecule has 184 valence electrons. The molecule has 0 radical (unpaired) electrons. The van der Waals surface area contributed by atoms with Crippen LogP contribution >= 0.6 is 0 Å². The molecule has 1 saturated carbocycles. The standard InChI is InChI=1S/C29H35FN4O/c1-3-8-28(22-9-4-5-10-22)34-15-13-33(14-16-34)20-24-17-25(30)18-27(21(24)2)32-29(35)26-12-7-6-11-23(26)19-31/h6-8,11-12,17-18,22H,3-5,9-10,13-16,20H2,1-2H3,(H,32,35)/b28-8-. The number of rotatable bonds is 7. The lowest BCUT2D eigenvalue weighted by molar-refractivity contribution is 0.102. The fourth-order valence-electron chi connectivity index (χ4n) is 5.39. The molecule has 2 aliphatic rings. The molecule has 0 spiro atoms. The van der Waals surface area contributed by atoms with E-state index in [0.717, 1.165) is 43.7 Å². The summed E-state index contributed by atoms with van der Waals surface area (Å²) in [6.45, 7) is 8.62. The Morgan fingerprint density at radius 3 is 2.57 bits per heavy atom. The van der Waals surface area contributed by atoms with Crippen LogP contribution < -0.4 is 5.32 Å². The molecule has 0 atom stereocenters. The number of carbonyl (C=O) groups is 1. The summed E-state index contributed by atoms with van der Waals surface area (Å²) in [6.07, 6.45) is 8.78. The third kappa shape index (κ3) is 5.91. The summed E-state index contributed by atoms with van der Waals surface area (Å²) in [7, 11) is 0. The van der Waals surface area contributed by atoms with Crippen molar-refractivity contribution in [2.24, 2.45) is 5.92 Å². The molecule has 1 N–H and O–H groups in total. The number of nitrogens with one attached hydrogen (secondary N) is 1. The summed E-state index contributed by atoms with van der Waals surface area (Å²) in [5.41, 5.74) is 4.30. The van der Waals surface area contributed by atoms with Crippen LogP contribution in [-0.4, -0.2) is 41.9 Å². The molecule has 1 aliphatic heterocycles. The Balaban J connectivity index is 1.43. The summed E-state index contributed by atoms with van der Waals surface area (Å²) in [4.78, 5) is 17.7. The van der Waals surface area contributed by atoms with Gasteiger partial charge in [0.05, 0.1) is 17.2 Å². The van der Waals surface area contributed by atoms with E-state index < -0.39 is 5.91 Å². The largest absolute Gasteiger partial charge is 0.372 e. The molecular weight excluding hydrogens is 439 g/mol. The monoisotopic (exact) mass is 474 g/mol. The zero-order valence-corrected chi connectivity index (χ0v) is 20.8. The van der Waals surface area contributed by atoms with Gasteiger partial charge in [-0.05, 0) is 67.5 Å². The number of nitriles is 1. The Labute approximate surface area is 208 Å². The lowest BCUT2D eigenvalue weighted by Gasteiger charge is -2.39. The quantitative estimate of drug-likeness (QED) is 0.546. The Hall–Kier alpha value is -3.17. The smallest absolute Gasteiger partial charge is 0.257 e. The zero-order chi connectivity index (χ0) is 24.8. The van der Waals surface area contributed by atoms with Gasteiger partial charge >= 0.3 is 0 Å². The number of anilines is 1. The Kier molecular flexibility index (Phi) is 8.20. The van der Waals surface area contributed by atoms with Gasteiger partial charge in [0.1, 0.15) is 5.82 Å². The first-order chi connectivity index (χ1) is 17.0. The van der Waals surface area contributed by atoms with Crippen molar-refractivity contribution in [1.29, 1.82) is 5.26 Å². The summed E-state index contributed by atoms with van der Waals surface area (Å²) < 4.78 is 14.5. The molecule has 5 nitrogen and oxygen atoms in total. The summed E-state index contributed by atoms with van der Waals surface area (Å²) in [5.74, 6) is -0.0654. The molecule has 6 heteroatoms. The van der Waals surface area contributed by atoms with Gasteiger partial charge in [-0.1, -0.05) is 38.0 Å². The average molecular weight is 475 g/mol. The van der Waals surface area contributed by atoms with Gasteiger partial charge in [0.2, 0.25) is 0 Å². The van der Waals surface area contributed by atoms with E-state index in [9.17, 15) is 14.4 Å². The molecule has 1 aliphatic carbocycles. The van der Waals surface area contributed by atoms with Crippen LogP contribution in [0.2, 0.25) is 0 Å². The molecule has 2 aromatic carbocycles. The first kappa shape index (κ1) is 24.9. The van der Waals surface area contributed by atoms with Crippen molar-refractivity contribution in [3.63, 3.8) is 0 Å². The van der Waals surface area contributed by atoms with Crippen molar-refractivity contribution in [3.8, 4) is 6.07 Å². The van der Waals surface area contributed by atoms with Crippen molar-refractivity contribution in [3.05, 3.63) is 76.2 Å². The second-order valence-electron chi connectivity index (χ2n) is 9.63. The van der Waals surface area contributed by atoms with E-state index in [2.05, 4.69) is 28.1 Å². The number of amides is 1. The molecule has 2 aromatic rings. The maximum Gasteiger partial charge on any atom is 0.257 e. The molecule has 1 amide bonds. The minimum atomic E-state index is -0.405. The number of hydrogen-bond acceptors (Lipinski definition) is 4. The highest BCUT2D eigenvalue weighted by atomic mass is 19.1. The Bertz CT molecular complexity index is 1120. The maximum atomic E-state index is 14.5. The van der Waals surface area contributed by atoms with Crippen LogP contribution in [0.25, 0.3) is 0 Å². The number of carbonyl (C=O) groups excluding carboxylic acids is 1. The zero-order valence-electron chi connectivity index (χ0n) is 20.8. The second kappa shape index (κ2) is 11.5. The molecule has 1 heterocycles. The SMILES string of the molecule is CC/C=C(/C1CCCC1)N1CCN(Cc2cc(F)cc(NC(=O)c3ccccc3C#N)c2C)CC1. The van der Waals surface area contributed by atoms with E-state index in [1.807, 2.05) is 13.0 Å². The average Bonchev–Trinajstić information content (AvgIpc) is 3.40. The maximum absolute atomic E-state index is 14.5. The summed E-state index contributed by atoms with van der Waals surface area (Å²) in [5, 5.41) is 12.1. The van der Waals surface area contributed by atoms with Crippen LogP contribution in [0.5, 0.6) is 0 Å². The normalized spacial score (nSPS) is 17.4. The highest BCUT2D eigenvalue weighted by Crippen LogP contribution is 2.34. The van der Waals surface area contributed by atoms with E-state index in [0.29, 0.717) is 23.7 Å². The lowest BCUT2D eigenvalue weighted by atomic mass is 10.0. The number of halogens is 1. The van der Waals surface area contributed by atoms with Crippen LogP contribution in [-0.2, 0) is 6.54 Å². The van der Waals surface area contributed by atoms with Gasteiger partial charge in [-0.3, -0.25) is 9.69 Å². The Morgan fingerprint density at radius 2 is 1.89 bits per heavy atom. The minimum absolute atomic E-state index is 0.287. The van der Waals surface area contributed by atoms with E-state index in [4.69, 9.17) is 0 Å². The van der Waals surface area contributed by atoms with Gasteiger partial charge in [0, 0.05) is 44.1 Å². The highest BCUT2D eigenvalue weighted by Gasteiger charge is 2.26. The number of nitrogens with zero attached hydrogens (tertiary/aromatic N) is 3. The summed E-state index contributed by atoms with van der Waals surface area (Å²) >= 11 is 0. The van der Waals surface area contributed by atoms with Crippen molar-refractivity contribution in [1.82, 2.24) is 9.80 Å². The highest BCUT2D eigenvalue weighted by molar-refractivity contribution is 6.06.